The first-order valence-corrected chi connectivity index (χ1v) is 5.70. The molecule has 2 atom stereocenters. The Morgan fingerprint density at radius 2 is 1.95 bits per heavy atom. The molecule has 19 heavy (non-hydrogen) atoms. The minimum Gasteiger partial charge on any atom is -0.468 e. The van der Waals surface area contributed by atoms with Crippen LogP contribution in [-0.2, 0) is 19.1 Å². The van der Waals surface area contributed by atoms with Gasteiger partial charge in [0.15, 0.2) is 0 Å². The smallest absolute Gasteiger partial charge is 0.318 e. The van der Waals surface area contributed by atoms with E-state index < -0.39 is 35.4 Å². The number of hydrogen-bond acceptors (Lipinski definition) is 4. The third-order valence-corrected chi connectivity index (χ3v) is 3.11. The molecule has 1 aliphatic heterocycles. The first-order chi connectivity index (χ1) is 9.02. The minimum atomic E-state index is -1.09. The van der Waals surface area contributed by atoms with Gasteiger partial charge >= 0.3 is 5.97 Å². The number of imide groups is 1. The van der Waals surface area contributed by atoms with Gasteiger partial charge < -0.3 is 4.74 Å². The second kappa shape index (κ2) is 5.17. The molecule has 100 valence electrons. The van der Waals surface area contributed by atoms with Crippen molar-refractivity contribution in [2.75, 3.05) is 7.11 Å². The van der Waals surface area contributed by atoms with Crippen LogP contribution in [0.3, 0.4) is 0 Å². The summed E-state index contributed by atoms with van der Waals surface area (Å²) in [5.74, 6) is -4.00. The molecule has 0 saturated carbocycles. The van der Waals surface area contributed by atoms with Crippen LogP contribution in [0.4, 0.5) is 4.39 Å². The SMILES string of the molecule is COC(=O)C1C(=O)NC(=O)CC1c1ccc(F)cc1. The topological polar surface area (TPSA) is 72.5 Å². The van der Waals surface area contributed by atoms with Crippen molar-refractivity contribution in [2.24, 2.45) is 5.92 Å². The normalized spacial score (nSPS) is 22.8. The number of hydrogen-bond donors (Lipinski definition) is 1. The van der Waals surface area contributed by atoms with E-state index in [2.05, 4.69) is 10.1 Å². The van der Waals surface area contributed by atoms with Crippen molar-refractivity contribution in [1.29, 1.82) is 0 Å². The largest absolute Gasteiger partial charge is 0.468 e. The minimum absolute atomic E-state index is 0.0167. The van der Waals surface area contributed by atoms with E-state index in [1.165, 1.54) is 31.4 Å². The van der Waals surface area contributed by atoms with Crippen LogP contribution >= 0.6 is 0 Å². The van der Waals surface area contributed by atoms with E-state index in [1.54, 1.807) is 0 Å². The van der Waals surface area contributed by atoms with Gasteiger partial charge in [-0.3, -0.25) is 19.7 Å². The molecule has 0 bridgehead atoms. The van der Waals surface area contributed by atoms with Gasteiger partial charge in [0.25, 0.3) is 0 Å². The Kier molecular flexibility index (Phi) is 3.59. The molecule has 0 aromatic heterocycles. The maximum atomic E-state index is 12.9. The Morgan fingerprint density at radius 3 is 2.53 bits per heavy atom. The fourth-order valence-corrected chi connectivity index (χ4v) is 2.19. The highest BCUT2D eigenvalue weighted by Gasteiger charge is 2.42. The molecule has 1 aliphatic rings. The van der Waals surface area contributed by atoms with Gasteiger partial charge in [0.05, 0.1) is 7.11 Å². The number of carbonyl (C=O) groups is 3. The Balaban J connectivity index is 2.37. The van der Waals surface area contributed by atoms with Gasteiger partial charge in [-0.25, -0.2) is 4.39 Å². The van der Waals surface area contributed by atoms with Crippen LogP contribution in [0.25, 0.3) is 0 Å². The van der Waals surface area contributed by atoms with E-state index in [4.69, 9.17) is 0 Å². The molecule has 1 fully saturated rings. The maximum Gasteiger partial charge on any atom is 0.318 e. The van der Waals surface area contributed by atoms with Crippen LogP contribution in [0.2, 0.25) is 0 Å². The number of amides is 2. The Hall–Kier alpha value is -2.24. The predicted molar refractivity (Wildman–Crippen MR) is 62.4 cm³/mol. The van der Waals surface area contributed by atoms with Gasteiger partial charge in [0.2, 0.25) is 11.8 Å². The van der Waals surface area contributed by atoms with Crippen LogP contribution in [0, 0.1) is 11.7 Å². The van der Waals surface area contributed by atoms with Gasteiger partial charge in [0.1, 0.15) is 11.7 Å². The number of methoxy groups -OCH3 is 1. The summed E-state index contributed by atoms with van der Waals surface area (Å²) in [7, 11) is 1.17. The molecular formula is C13H12FNO4. The summed E-state index contributed by atoms with van der Waals surface area (Å²) in [6.07, 6.45) is -0.0167. The standard InChI is InChI=1S/C13H12FNO4/c1-19-13(18)11-9(6-10(16)15-12(11)17)7-2-4-8(14)5-3-7/h2-5,9,11H,6H2,1H3,(H,15,16,17). The second-order valence-corrected chi connectivity index (χ2v) is 4.28. The van der Waals surface area contributed by atoms with Gasteiger partial charge in [-0.1, -0.05) is 12.1 Å². The first kappa shape index (κ1) is 13.2. The molecule has 1 aromatic rings. The summed E-state index contributed by atoms with van der Waals surface area (Å²) in [6, 6.07) is 5.37. The van der Waals surface area contributed by atoms with Crippen LogP contribution in [0.1, 0.15) is 17.9 Å². The van der Waals surface area contributed by atoms with Gasteiger partial charge in [-0.2, -0.15) is 0 Å². The predicted octanol–water partition coefficient (Wildman–Crippen LogP) is 0.745. The molecule has 2 rings (SSSR count). The molecule has 2 unspecified atom stereocenters. The molecule has 2 amide bonds. The van der Waals surface area contributed by atoms with Crippen LogP contribution in [-0.4, -0.2) is 24.9 Å². The lowest BCUT2D eigenvalue weighted by Gasteiger charge is -2.28. The fourth-order valence-electron chi connectivity index (χ4n) is 2.19. The highest BCUT2D eigenvalue weighted by atomic mass is 19.1. The number of rotatable bonds is 2. The third-order valence-electron chi connectivity index (χ3n) is 3.11. The summed E-state index contributed by atoms with van der Waals surface area (Å²) >= 11 is 0. The number of benzene rings is 1. The summed E-state index contributed by atoms with van der Waals surface area (Å²) < 4.78 is 17.5. The van der Waals surface area contributed by atoms with Crippen molar-refractivity contribution in [3.05, 3.63) is 35.6 Å². The Bertz CT molecular complexity index is 526. The Labute approximate surface area is 108 Å². The van der Waals surface area contributed by atoms with E-state index in [1.807, 2.05) is 0 Å². The summed E-state index contributed by atoms with van der Waals surface area (Å²) in [6.45, 7) is 0. The summed E-state index contributed by atoms with van der Waals surface area (Å²) in [5, 5.41) is 2.10. The maximum absolute atomic E-state index is 12.9. The fraction of sp³-hybridized carbons (Fsp3) is 0.308. The van der Waals surface area contributed by atoms with E-state index in [0.29, 0.717) is 5.56 Å². The molecule has 1 saturated heterocycles. The zero-order valence-corrected chi connectivity index (χ0v) is 10.2. The number of nitrogens with one attached hydrogen (secondary N) is 1. The second-order valence-electron chi connectivity index (χ2n) is 4.28. The third kappa shape index (κ3) is 2.62. The summed E-state index contributed by atoms with van der Waals surface area (Å²) in [4.78, 5) is 34.8. The molecule has 0 aliphatic carbocycles. The van der Waals surface area contributed by atoms with E-state index in [0.717, 1.165) is 0 Å². The molecular weight excluding hydrogens is 253 g/mol. The van der Waals surface area contributed by atoms with Crippen molar-refractivity contribution >= 4 is 17.8 Å². The summed E-state index contributed by atoms with van der Waals surface area (Å²) in [5.41, 5.74) is 0.556. The lowest BCUT2D eigenvalue weighted by atomic mass is 9.80. The van der Waals surface area contributed by atoms with Crippen LogP contribution in [0.15, 0.2) is 24.3 Å². The molecule has 0 spiro atoms. The monoisotopic (exact) mass is 265 g/mol. The van der Waals surface area contributed by atoms with Crippen LogP contribution < -0.4 is 5.32 Å². The molecule has 1 heterocycles. The van der Waals surface area contributed by atoms with Crippen molar-refractivity contribution in [1.82, 2.24) is 5.32 Å². The first-order valence-electron chi connectivity index (χ1n) is 5.70. The molecule has 1 N–H and O–H groups in total. The number of esters is 1. The highest BCUT2D eigenvalue weighted by Crippen LogP contribution is 2.32. The van der Waals surface area contributed by atoms with Crippen LogP contribution in [0.5, 0.6) is 0 Å². The van der Waals surface area contributed by atoms with Gasteiger partial charge in [-0.05, 0) is 17.7 Å². The highest BCUT2D eigenvalue weighted by molar-refractivity contribution is 6.08. The van der Waals surface area contributed by atoms with E-state index >= 15 is 0 Å². The number of carbonyl (C=O) groups excluding carboxylic acids is 3. The molecule has 1 aromatic carbocycles. The van der Waals surface area contributed by atoms with E-state index in [9.17, 15) is 18.8 Å². The molecule has 6 heteroatoms. The quantitative estimate of drug-likeness (QED) is 0.486. The van der Waals surface area contributed by atoms with Crippen molar-refractivity contribution in [2.45, 2.75) is 12.3 Å². The van der Waals surface area contributed by atoms with Crippen molar-refractivity contribution < 1.29 is 23.5 Å². The van der Waals surface area contributed by atoms with E-state index in [-0.39, 0.29) is 6.42 Å². The average molecular weight is 265 g/mol. The zero-order valence-electron chi connectivity index (χ0n) is 10.2. The lowest BCUT2D eigenvalue weighted by Crippen LogP contribution is -2.48. The average Bonchev–Trinajstić information content (AvgIpc) is 2.38. The molecule has 5 nitrogen and oxygen atoms in total. The molecule has 0 radical (unpaired) electrons. The number of halogens is 1. The van der Waals surface area contributed by atoms with Gasteiger partial charge in [-0.15, -0.1) is 0 Å². The number of piperidine rings is 1. The van der Waals surface area contributed by atoms with Crippen molar-refractivity contribution in [3.8, 4) is 0 Å². The Morgan fingerprint density at radius 1 is 1.32 bits per heavy atom. The number of ether oxygens (including phenoxy) is 1. The van der Waals surface area contributed by atoms with Gasteiger partial charge in [0, 0.05) is 12.3 Å². The van der Waals surface area contributed by atoms with Crippen molar-refractivity contribution in [3.63, 3.8) is 0 Å². The zero-order chi connectivity index (χ0) is 14.0. The lowest BCUT2D eigenvalue weighted by molar-refractivity contribution is -0.153.